The van der Waals surface area contributed by atoms with Crippen molar-refractivity contribution in [3.05, 3.63) is 75.7 Å². The number of carbonyl (C=O) groups excluding carboxylic acids is 2. The van der Waals surface area contributed by atoms with E-state index >= 15 is 0 Å². The van der Waals surface area contributed by atoms with E-state index in [1.165, 1.54) is 0 Å². The third-order valence-corrected chi connectivity index (χ3v) is 6.98. The Morgan fingerprint density at radius 2 is 1.97 bits per heavy atom. The van der Waals surface area contributed by atoms with E-state index in [1.54, 1.807) is 16.7 Å². The highest BCUT2D eigenvalue weighted by molar-refractivity contribution is 5.82. The number of fused-ring (bicyclic) bond motifs is 2. The maximum Gasteiger partial charge on any atom is 0.410 e. The Balaban J connectivity index is 1.21. The number of ether oxygens (including phenoxy) is 2. The summed E-state index contributed by atoms with van der Waals surface area (Å²) in [7, 11) is 1.61. The fourth-order valence-electron chi connectivity index (χ4n) is 5.15. The van der Waals surface area contributed by atoms with E-state index in [0.29, 0.717) is 38.9 Å². The quantitative estimate of drug-likeness (QED) is 0.384. The first-order valence-electron chi connectivity index (χ1n) is 12.4. The Labute approximate surface area is 214 Å². The number of aromatic nitrogens is 3. The predicted octanol–water partition coefficient (Wildman–Crippen LogP) is 3.92. The van der Waals surface area contributed by atoms with Crippen LogP contribution < -0.4 is 5.56 Å². The standard InChI is InChI=1S/C28H30N4O5/c1-18-11-19(12-22-15-32(17-36-2)30-26(18)22)13-23(16-33)37-28(35)31-9-7-20(8-10-31)24-14-21-5-3-4-6-25(21)29-27(24)34/h3-6,11-12,14-16,20,23H,7-10,13,17H2,1-2H3,(H,29,34)/t23-/m1/s1. The normalized spacial score (nSPS) is 15.2. The van der Waals surface area contributed by atoms with Crippen LogP contribution in [0.4, 0.5) is 4.79 Å². The SMILES string of the molecule is COCn1cc2cc(C[C@H](C=O)OC(=O)N3CCC(c4cc5ccccc5[nH]c4=O)CC3)cc(C)c2n1. The number of carbonyl (C=O) groups is 2. The zero-order valence-electron chi connectivity index (χ0n) is 21.0. The van der Waals surface area contributed by atoms with Crippen LogP contribution in [0.3, 0.4) is 0 Å². The highest BCUT2D eigenvalue weighted by atomic mass is 16.6. The van der Waals surface area contributed by atoms with Gasteiger partial charge < -0.3 is 19.4 Å². The summed E-state index contributed by atoms with van der Waals surface area (Å²) in [5.41, 5.74) is 4.21. The summed E-state index contributed by atoms with van der Waals surface area (Å²) < 4.78 is 12.4. The van der Waals surface area contributed by atoms with Crippen molar-refractivity contribution in [1.82, 2.24) is 19.7 Å². The lowest BCUT2D eigenvalue weighted by molar-refractivity contribution is -0.115. The lowest BCUT2D eigenvalue weighted by Crippen LogP contribution is -2.41. The molecule has 0 radical (unpaired) electrons. The number of pyridine rings is 1. The second-order valence-corrected chi connectivity index (χ2v) is 9.60. The number of amides is 1. The number of aromatic amines is 1. The number of methoxy groups -OCH3 is 1. The van der Waals surface area contributed by atoms with E-state index in [9.17, 15) is 14.4 Å². The summed E-state index contributed by atoms with van der Waals surface area (Å²) >= 11 is 0. The first-order valence-corrected chi connectivity index (χ1v) is 12.4. The number of para-hydroxylation sites is 1. The van der Waals surface area contributed by atoms with Gasteiger partial charge in [0, 0.05) is 49.3 Å². The van der Waals surface area contributed by atoms with Crippen molar-refractivity contribution in [2.75, 3.05) is 20.2 Å². The van der Waals surface area contributed by atoms with Gasteiger partial charge in [0.25, 0.3) is 5.56 Å². The third kappa shape index (κ3) is 5.27. The van der Waals surface area contributed by atoms with E-state index in [2.05, 4.69) is 10.1 Å². The van der Waals surface area contributed by atoms with Crippen LogP contribution in [0.2, 0.25) is 0 Å². The molecule has 9 nitrogen and oxygen atoms in total. The largest absolute Gasteiger partial charge is 0.438 e. The smallest absolute Gasteiger partial charge is 0.410 e. The third-order valence-electron chi connectivity index (χ3n) is 6.98. The Hall–Kier alpha value is -3.98. The zero-order valence-corrected chi connectivity index (χ0v) is 21.0. The minimum absolute atomic E-state index is 0.0630. The summed E-state index contributed by atoms with van der Waals surface area (Å²) in [6, 6.07) is 13.6. The van der Waals surface area contributed by atoms with Crippen LogP contribution in [0.15, 0.2) is 53.5 Å². The average Bonchev–Trinajstić information content (AvgIpc) is 3.31. The van der Waals surface area contributed by atoms with Crippen molar-refractivity contribution in [2.45, 2.75) is 44.9 Å². The molecule has 1 aliphatic rings. The molecule has 1 aliphatic heterocycles. The number of likely N-dealkylation sites (tertiary alicyclic amines) is 1. The van der Waals surface area contributed by atoms with Gasteiger partial charge in [0.2, 0.25) is 0 Å². The molecular formula is C28H30N4O5. The molecule has 3 heterocycles. The molecule has 4 aromatic rings. The Kier molecular flexibility index (Phi) is 7.05. The van der Waals surface area contributed by atoms with Crippen molar-refractivity contribution in [2.24, 2.45) is 0 Å². The van der Waals surface area contributed by atoms with Crippen LogP contribution >= 0.6 is 0 Å². The van der Waals surface area contributed by atoms with E-state index in [-0.39, 0.29) is 17.9 Å². The van der Waals surface area contributed by atoms with Crippen molar-refractivity contribution < 1.29 is 19.1 Å². The number of hydrogen-bond acceptors (Lipinski definition) is 6. The molecule has 1 fully saturated rings. The molecule has 0 unspecified atom stereocenters. The number of piperidine rings is 1. The summed E-state index contributed by atoms with van der Waals surface area (Å²) in [4.78, 5) is 41.8. The number of H-pyrrole nitrogens is 1. The van der Waals surface area contributed by atoms with E-state index in [4.69, 9.17) is 9.47 Å². The van der Waals surface area contributed by atoms with Crippen LogP contribution in [0.25, 0.3) is 21.8 Å². The molecule has 0 bridgehead atoms. The van der Waals surface area contributed by atoms with Gasteiger partial charge in [0.1, 0.15) is 6.73 Å². The highest BCUT2D eigenvalue weighted by Crippen LogP contribution is 2.28. The van der Waals surface area contributed by atoms with Crippen LogP contribution in [-0.2, 0) is 27.4 Å². The zero-order chi connectivity index (χ0) is 25.9. The molecule has 1 saturated heterocycles. The maximum atomic E-state index is 12.8. The lowest BCUT2D eigenvalue weighted by atomic mass is 9.89. The molecule has 2 aromatic carbocycles. The fourth-order valence-corrected chi connectivity index (χ4v) is 5.15. The van der Waals surface area contributed by atoms with E-state index in [1.807, 2.05) is 55.6 Å². The Morgan fingerprint density at radius 1 is 1.19 bits per heavy atom. The van der Waals surface area contributed by atoms with Gasteiger partial charge in [0.05, 0.1) is 5.52 Å². The number of hydrogen-bond donors (Lipinski definition) is 1. The maximum absolute atomic E-state index is 12.8. The van der Waals surface area contributed by atoms with Gasteiger partial charge in [-0.3, -0.25) is 9.59 Å². The fraction of sp³-hybridized carbons (Fsp3) is 0.357. The van der Waals surface area contributed by atoms with Crippen LogP contribution in [0.1, 0.15) is 35.4 Å². The Morgan fingerprint density at radius 3 is 2.73 bits per heavy atom. The van der Waals surface area contributed by atoms with Gasteiger partial charge in [-0.2, -0.15) is 5.10 Å². The second-order valence-electron chi connectivity index (χ2n) is 9.60. The number of benzene rings is 2. The second kappa shape index (κ2) is 10.6. The van der Waals surface area contributed by atoms with Gasteiger partial charge >= 0.3 is 6.09 Å². The first-order chi connectivity index (χ1) is 17.9. The van der Waals surface area contributed by atoms with Crippen molar-refractivity contribution in [3.8, 4) is 0 Å². The van der Waals surface area contributed by atoms with Gasteiger partial charge in [-0.25, -0.2) is 9.48 Å². The molecule has 2 aromatic heterocycles. The predicted molar refractivity (Wildman–Crippen MR) is 140 cm³/mol. The summed E-state index contributed by atoms with van der Waals surface area (Å²) in [5, 5.41) is 6.44. The molecule has 5 rings (SSSR count). The molecule has 37 heavy (non-hydrogen) atoms. The lowest BCUT2D eigenvalue weighted by Gasteiger charge is -2.32. The first kappa shape index (κ1) is 24.7. The van der Waals surface area contributed by atoms with Crippen molar-refractivity contribution in [1.29, 1.82) is 0 Å². The summed E-state index contributed by atoms with van der Waals surface area (Å²) in [6.45, 7) is 3.24. The molecular weight excluding hydrogens is 472 g/mol. The van der Waals surface area contributed by atoms with Gasteiger partial charge in [0.15, 0.2) is 12.4 Å². The van der Waals surface area contributed by atoms with Crippen LogP contribution in [0.5, 0.6) is 0 Å². The number of aryl methyl sites for hydroxylation is 1. The molecule has 192 valence electrons. The molecule has 0 aliphatic carbocycles. The van der Waals surface area contributed by atoms with Crippen molar-refractivity contribution >= 4 is 34.2 Å². The topological polar surface area (TPSA) is 107 Å². The van der Waals surface area contributed by atoms with Crippen molar-refractivity contribution in [3.63, 3.8) is 0 Å². The van der Waals surface area contributed by atoms with Crippen LogP contribution in [-0.4, -0.2) is 58.3 Å². The highest BCUT2D eigenvalue weighted by Gasteiger charge is 2.28. The minimum Gasteiger partial charge on any atom is -0.438 e. The number of aldehydes is 1. The average molecular weight is 503 g/mol. The van der Waals surface area contributed by atoms with E-state index < -0.39 is 12.2 Å². The number of nitrogens with zero attached hydrogens (tertiary/aromatic N) is 3. The van der Waals surface area contributed by atoms with Gasteiger partial charge in [-0.15, -0.1) is 0 Å². The van der Waals surface area contributed by atoms with E-state index in [0.717, 1.165) is 38.5 Å². The molecule has 1 amide bonds. The number of rotatable bonds is 7. The summed E-state index contributed by atoms with van der Waals surface area (Å²) in [5.74, 6) is 0.0630. The Bertz CT molecular complexity index is 1500. The van der Waals surface area contributed by atoms with Gasteiger partial charge in [-0.1, -0.05) is 24.3 Å². The molecule has 9 heteroatoms. The van der Waals surface area contributed by atoms with Gasteiger partial charge in [-0.05, 0) is 60.4 Å². The summed E-state index contributed by atoms with van der Waals surface area (Å²) in [6.07, 6.45) is 2.76. The molecule has 0 saturated carbocycles. The minimum atomic E-state index is -0.889. The van der Waals surface area contributed by atoms with Crippen LogP contribution in [0, 0.1) is 6.92 Å². The molecule has 1 atom stereocenters. The monoisotopic (exact) mass is 502 g/mol. The molecule has 0 spiro atoms. The number of nitrogens with one attached hydrogen (secondary N) is 1. The molecule has 1 N–H and O–H groups in total.